The summed E-state index contributed by atoms with van der Waals surface area (Å²) in [5, 5.41) is 3.14. The fourth-order valence-corrected chi connectivity index (χ4v) is 3.42. The maximum Gasteiger partial charge on any atom is 0.340 e. The normalized spacial score (nSPS) is 11.7. The number of furan rings is 1. The highest BCUT2D eigenvalue weighted by Gasteiger charge is 2.27. The molecule has 1 atom stereocenters. The van der Waals surface area contributed by atoms with Gasteiger partial charge >= 0.3 is 5.97 Å². The van der Waals surface area contributed by atoms with E-state index in [0.29, 0.717) is 34.6 Å². The molecule has 2 heterocycles. The molecule has 0 radical (unpaired) electrons. The van der Waals surface area contributed by atoms with Crippen molar-refractivity contribution in [2.24, 2.45) is 0 Å². The molecule has 0 amide bonds. The number of esters is 1. The van der Waals surface area contributed by atoms with Crippen molar-refractivity contribution < 1.29 is 23.5 Å². The molecule has 0 bridgehead atoms. The van der Waals surface area contributed by atoms with Crippen LogP contribution in [0, 0.1) is 13.8 Å². The first kappa shape index (κ1) is 21.1. The maximum atomic E-state index is 12.8. The second-order valence-corrected chi connectivity index (χ2v) is 7.07. The number of anilines is 1. The van der Waals surface area contributed by atoms with Gasteiger partial charge in [0, 0.05) is 16.9 Å². The lowest BCUT2D eigenvalue weighted by molar-refractivity contribution is 0.0318. The fourth-order valence-electron chi connectivity index (χ4n) is 3.42. The molecule has 3 aromatic rings. The molecule has 0 aliphatic rings. The van der Waals surface area contributed by atoms with Gasteiger partial charge in [-0.2, -0.15) is 0 Å². The van der Waals surface area contributed by atoms with Gasteiger partial charge in [0.2, 0.25) is 5.78 Å². The number of Topliss-reactive ketones (excluding diaryl/α,β-unsaturated/α-hetero) is 2. The number of aromatic nitrogens is 1. The summed E-state index contributed by atoms with van der Waals surface area (Å²) >= 11 is 0. The molecule has 0 saturated carbocycles. The van der Waals surface area contributed by atoms with Gasteiger partial charge in [-0.3, -0.25) is 9.59 Å². The number of hydrogen-bond acceptors (Lipinski definition) is 6. The third kappa shape index (κ3) is 4.35. The van der Waals surface area contributed by atoms with Gasteiger partial charge in [0.15, 0.2) is 11.9 Å². The highest BCUT2D eigenvalue weighted by atomic mass is 16.5. The number of benzene rings is 1. The Hall–Kier alpha value is -3.61. The third-order valence-corrected chi connectivity index (χ3v) is 4.87. The largest absolute Gasteiger partial charge is 0.467 e. The first-order valence-corrected chi connectivity index (χ1v) is 9.60. The van der Waals surface area contributed by atoms with Crippen molar-refractivity contribution in [3.63, 3.8) is 0 Å². The number of carbonyl (C=O) groups is 3. The number of aromatic amines is 1. The molecule has 0 aliphatic carbocycles. The van der Waals surface area contributed by atoms with Gasteiger partial charge in [-0.25, -0.2) is 4.79 Å². The van der Waals surface area contributed by atoms with E-state index in [9.17, 15) is 14.4 Å². The van der Waals surface area contributed by atoms with Gasteiger partial charge in [0.1, 0.15) is 5.76 Å². The van der Waals surface area contributed by atoms with Crippen molar-refractivity contribution in [3.05, 3.63) is 76.5 Å². The van der Waals surface area contributed by atoms with Gasteiger partial charge in [-0.05, 0) is 57.5 Å². The van der Waals surface area contributed by atoms with Crippen molar-refractivity contribution in [2.45, 2.75) is 40.3 Å². The van der Waals surface area contributed by atoms with Crippen molar-refractivity contribution in [1.29, 1.82) is 0 Å². The molecule has 1 unspecified atom stereocenters. The number of aryl methyl sites for hydroxylation is 1. The van der Waals surface area contributed by atoms with Crippen LogP contribution in [0.15, 0.2) is 47.1 Å². The van der Waals surface area contributed by atoms with Crippen LogP contribution >= 0.6 is 0 Å². The monoisotopic (exact) mass is 408 g/mol. The van der Waals surface area contributed by atoms with Crippen LogP contribution in [-0.4, -0.2) is 28.6 Å². The van der Waals surface area contributed by atoms with Gasteiger partial charge in [-0.1, -0.05) is 12.1 Å². The SMILES string of the molecule is CC(=O)c1c(C)[nH]c(C(=O)C(C)OC(=O)c2ccccc2NCc2ccco2)c1C. The number of hydrogen-bond donors (Lipinski definition) is 2. The smallest absolute Gasteiger partial charge is 0.340 e. The second kappa shape index (κ2) is 8.82. The van der Waals surface area contributed by atoms with Crippen molar-refractivity contribution in [1.82, 2.24) is 4.98 Å². The molecule has 0 spiro atoms. The summed E-state index contributed by atoms with van der Waals surface area (Å²) in [5.41, 5.74) is 2.84. The molecule has 7 heteroatoms. The summed E-state index contributed by atoms with van der Waals surface area (Å²) in [4.78, 5) is 40.3. The number of nitrogens with one attached hydrogen (secondary N) is 2. The molecule has 0 fully saturated rings. The lowest BCUT2D eigenvalue weighted by Gasteiger charge is -2.15. The molecule has 2 N–H and O–H groups in total. The average molecular weight is 408 g/mol. The van der Waals surface area contributed by atoms with Crippen molar-refractivity contribution in [2.75, 3.05) is 5.32 Å². The predicted octanol–water partition coefficient (Wildman–Crippen LogP) is 4.47. The van der Waals surface area contributed by atoms with Crippen LogP contribution in [-0.2, 0) is 11.3 Å². The molecule has 156 valence electrons. The number of carbonyl (C=O) groups excluding carboxylic acids is 3. The molecule has 2 aromatic heterocycles. The summed E-state index contributed by atoms with van der Waals surface area (Å²) in [6.45, 7) is 6.81. The van der Waals surface area contributed by atoms with Crippen LogP contribution in [0.2, 0.25) is 0 Å². The van der Waals surface area contributed by atoms with E-state index in [0.717, 1.165) is 5.76 Å². The van der Waals surface area contributed by atoms with Gasteiger partial charge in [-0.15, -0.1) is 0 Å². The first-order valence-electron chi connectivity index (χ1n) is 9.60. The number of ether oxygens (including phenoxy) is 1. The van der Waals surface area contributed by atoms with E-state index >= 15 is 0 Å². The Morgan fingerprint density at radius 2 is 1.87 bits per heavy atom. The summed E-state index contributed by atoms with van der Waals surface area (Å²) in [7, 11) is 0. The Bertz CT molecular complexity index is 1080. The fraction of sp³-hybridized carbons (Fsp3) is 0.261. The minimum atomic E-state index is -1.02. The van der Waals surface area contributed by atoms with Crippen LogP contribution in [0.3, 0.4) is 0 Å². The summed E-state index contributed by atoms with van der Waals surface area (Å²) in [6.07, 6.45) is 0.555. The van der Waals surface area contributed by atoms with E-state index in [1.54, 1.807) is 50.4 Å². The Morgan fingerprint density at radius 1 is 1.13 bits per heavy atom. The first-order chi connectivity index (χ1) is 14.3. The van der Waals surface area contributed by atoms with E-state index < -0.39 is 17.9 Å². The van der Waals surface area contributed by atoms with E-state index in [1.807, 2.05) is 6.07 Å². The van der Waals surface area contributed by atoms with Crippen LogP contribution in [0.25, 0.3) is 0 Å². The molecular formula is C23H24N2O5. The number of para-hydroxylation sites is 1. The van der Waals surface area contributed by atoms with Gasteiger partial charge in [0.25, 0.3) is 0 Å². The zero-order valence-corrected chi connectivity index (χ0v) is 17.4. The molecule has 30 heavy (non-hydrogen) atoms. The standard InChI is InChI=1S/C23H24N2O5/c1-13-20(15(3)26)14(2)25-21(13)22(27)16(4)30-23(28)18-9-5-6-10-19(18)24-12-17-8-7-11-29-17/h5-11,16,24-25H,12H2,1-4H3. The zero-order chi connectivity index (χ0) is 21.8. The lowest BCUT2D eigenvalue weighted by atomic mass is 10.0. The topological polar surface area (TPSA) is 101 Å². The van der Waals surface area contributed by atoms with Gasteiger partial charge in [0.05, 0.1) is 24.1 Å². The Labute approximate surface area is 174 Å². The van der Waals surface area contributed by atoms with Crippen molar-refractivity contribution >= 4 is 23.2 Å². The summed E-state index contributed by atoms with van der Waals surface area (Å²) < 4.78 is 10.7. The Kier molecular flexibility index (Phi) is 6.20. The molecule has 3 rings (SSSR count). The maximum absolute atomic E-state index is 12.8. The van der Waals surface area contributed by atoms with E-state index in [-0.39, 0.29) is 11.5 Å². The highest BCUT2D eigenvalue weighted by Crippen LogP contribution is 2.22. The number of rotatable bonds is 8. The van der Waals surface area contributed by atoms with Crippen molar-refractivity contribution in [3.8, 4) is 0 Å². The lowest BCUT2D eigenvalue weighted by Crippen LogP contribution is -2.25. The number of ketones is 2. The molecule has 1 aromatic carbocycles. The third-order valence-electron chi connectivity index (χ3n) is 4.87. The Morgan fingerprint density at radius 3 is 2.50 bits per heavy atom. The summed E-state index contributed by atoms with van der Waals surface area (Å²) in [5.74, 6) is -0.411. The quantitative estimate of drug-likeness (QED) is 0.421. The number of H-pyrrole nitrogens is 1. The molecule has 7 nitrogen and oxygen atoms in total. The minimum Gasteiger partial charge on any atom is -0.467 e. The minimum absolute atomic E-state index is 0.124. The van der Waals surface area contributed by atoms with Crippen LogP contribution in [0.4, 0.5) is 5.69 Å². The highest BCUT2D eigenvalue weighted by molar-refractivity contribution is 6.06. The second-order valence-electron chi connectivity index (χ2n) is 7.07. The van der Waals surface area contributed by atoms with Crippen LogP contribution in [0.5, 0.6) is 0 Å². The predicted molar refractivity (Wildman–Crippen MR) is 112 cm³/mol. The Balaban J connectivity index is 1.74. The van der Waals surface area contributed by atoms with Gasteiger partial charge < -0.3 is 19.5 Å². The zero-order valence-electron chi connectivity index (χ0n) is 17.4. The molecule has 0 saturated heterocycles. The molecular weight excluding hydrogens is 384 g/mol. The summed E-state index contributed by atoms with van der Waals surface area (Å²) in [6, 6.07) is 10.5. The van der Waals surface area contributed by atoms with E-state index in [2.05, 4.69) is 10.3 Å². The van der Waals surface area contributed by atoms with Crippen LogP contribution in [0.1, 0.15) is 62.1 Å². The van der Waals surface area contributed by atoms with Crippen LogP contribution < -0.4 is 5.32 Å². The van der Waals surface area contributed by atoms with E-state index in [4.69, 9.17) is 9.15 Å². The molecule has 0 aliphatic heterocycles. The van der Waals surface area contributed by atoms with E-state index in [1.165, 1.54) is 13.8 Å². The average Bonchev–Trinajstić information content (AvgIpc) is 3.33.